The maximum absolute atomic E-state index is 13.7. The summed E-state index contributed by atoms with van der Waals surface area (Å²) in [6.45, 7) is 12.0. The molecule has 0 fully saturated rings. The van der Waals surface area contributed by atoms with E-state index in [1.807, 2.05) is 90.1 Å². The van der Waals surface area contributed by atoms with E-state index in [2.05, 4.69) is 24.3 Å². The van der Waals surface area contributed by atoms with Gasteiger partial charge in [-0.2, -0.15) is 0 Å². The van der Waals surface area contributed by atoms with Crippen LogP contribution in [0.3, 0.4) is 0 Å². The molecule has 4 aromatic carbocycles. The molecule has 0 N–H and O–H groups in total. The van der Waals surface area contributed by atoms with Gasteiger partial charge in [-0.05, 0) is 88.1 Å². The Bertz CT molecular complexity index is 1310. The van der Waals surface area contributed by atoms with E-state index in [0.29, 0.717) is 11.1 Å². The van der Waals surface area contributed by atoms with Crippen molar-refractivity contribution >= 4 is 23.3 Å². The molecule has 0 atom stereocenters. The van der Waals surface area contributed by atoms with Crippen molar-refractivity contribution in [2.24, 2.45) is 0 Å². The Kier molecular flexibility index (Phi) is 7.09. The highest BCUT2D eigenvalue weighted by Crippen LogP contribution is 2.36. The van der Waals surface area contributed by atoms with Crippen LogP contribution in [-0.2, 0) is 0 Å². The molecule has 35 heavy (non-hydrogen) atoms. The van der Waals surface area contributed by atoms with Crippen molar-refractivity contribution in [1.82, 2.24) is 0 Å². The highest BCUT2D eigenvalue weighted by molar-refractivity contribution is 7.99. The van der Waals surface area contributed by atoms with Crippen LogP contribution in [0.4, 0.5) is 0 Å². The van der Waals surface area contributed by atoms with Gasteiger partial charge in [-0.15, -0.1) is 0 Å². The molecule has 0 aromatic heterocycles. The Morgan fingerprint density at radius 2 is 0.829 bits per heavy atom. The number of ketones is 2. The quantitative estimate of drug-likeness (QED) is 0.262. The molecule has 0 spiro atoms. The minimum atomic E-state index is 0.0112. The van der Waals surface area contributed by atoms with Crippen LogP contribution < -0.4 is 0 Å². The molecule has 0 unspecified atom stereocenters. The van der Waals surface area contributed by atoms with Crippen molar-refractivity contribution in [3.05, 3.63) is 128 Å². The standard InChI is InChI=1S/C32H30O2S/c1-19-15-21(3)29(22(4)16-19)31(33)25-11-7-9-13-27(25)35-28-14-10-8-12-26(28)32(34)30-23(5)17-20(2)18-24(30)6/h7-18H,1-6H3. The first-order valence-electron chi connectivity index (χ1n) is 11.8. The number of carbonyl (C=O) groups excluding carboxylic acids is 2. The van der Waals surface area contributed by atoms with E-state index in [1.165, 1.54) is 11.8 Å². The van der Waals surface area contributed by atoms with Crippen LogP contribution in [0.2, 0.25) is 0 Å². The van der Waals surface area contributed by atoms with Gasteiger partial charge in [0.2, 0.25) is 0 Å². The number of hydrogen-bond donors (Lipinski definition) is 0. The Hall–Kier alpha value is -3.43. The largest absolute Gasteiger partial charge is 0.289 e. The zero-order valence-corrected chi connectivity index (χ0v) is 22.0. The van der Waals surface area contributed by atoms with E-state index in [-0.39, 0.29) is 11.6 Å². The van der Waals surface area contributed by atoms with E-state index in [0.717, 1.165) is 54.3 Å². The normalized spacial score (nSPS) is 10.9. The van der Waals surface area contributed by atoms with Crippen LogP contribution >= 0.6 is 11.8 Å². The van der Waals surface area contributed by atoms with Gasteiger partial charge < -0.3 is 0 Å². The summed E-state index contributed by atoms with van der Waals surface area (Å²) in [6.07, 6.45) is 0. The summed E-state index contributed by atoms with van der Waals surface area (Å²) >= 11 is 1.47. The lowest BCUT2D eigenvalue weighted by molar-refractivity contribution is 0.102. The van der Waals surface area contributed by atoms with E-state index in [4.69, 9.17) is 0 Å². The lowest BCUT2D eigenvalue weighted by Crippen LogP contribution is -2.09. The minimum absolute atomic E-state index is 0.0112. The Balaban J connectivity index is 1.76. The maximum Gasteiger partial charge on any atom is 0.194 e. The topological polar surface area (TPSA) is 34.1 Å². The average Bonchev–Trinajstić information content (AvgIpc) is 2.78. The van der Waals surface area contributed by atoms with Gasteiger partial charge >= 0.3 is 0 Å². The summed E-state index contributed by atoms with van der Waals surface area (Å²) in [5, 5.41) is 0. The minimum Gasteiger partial charge on any atom is -0.289 e. The molecule has 0 heterocycles. The van der Waals surface area contributed by atoms with Crippen molar-refractivity contribution < 1.29 is 9.59 Å². The van der Waals surface area contributed by atoms with Gasteiger partial charge in [0.05, 0.1) is 0 Å². The predicted molar refractivity (Wildman–Crippen MR) is 145 cm³/mol. The van der Waals surface area contributed by atoms with Gasteiger partial charge in [-0.1, -0.05) is 71.4 Å². The van der Waals surface area contributed by atoms with Gasteiger partial charge in [0.1, 0.15) is 0 Å². The number of benzene rings is 4. The van der Waals surface area contributed by atoms with Crippen molar-refractivity contribution in [2.75, 3.05) is 0 Å². The third-order valence-electron chi connectivity index (χ3n) is 6.29. The zero-order chi connectivity index (χ0) is 25.3. The summed E-state index contributed by atoms with van der Waals surface area (Å²) in [5.74, 6) is 0.0225. The fourth-order valence-electron chi connectivity index (χ4n) is 4.95. The van der Waals surface area contributed by atoms with Crippen molar-refractivity contribution in [3.63, 3.8) is 0 Å². The summed E-state index contributed by atoms with van der Waals surface area (Å²) in [4.78, 5) is 29.1. The van der Waals surface area contributed by atoms with Crippen LogP contribution in [0.5, 0.6) is 0 Å². The predicted octanol–water partition coefficient (Wildman–Crippen LogP) is 8.15. The fraction of sp³-hybridized carbons (Fsp3) is 0.188. The summed E-state index contributed by atoms with van der Waals surface area (Å²) in [7, 11) is 0. The van der Waals surface area contributed by atoms with Gasteiger partial charge in [-0.3, -0.25) is 9.59 Å². The molecule has 0 aliphatic heterocycles. The first kappa shape index (κ1) is 24.7. The molecule has 2 nitrogen and oxygen atoms in total. The van der Waals surface area contributed by atoms with E-state index < -0.39 is 0 Å². The van der Waals surface area contributed by atoms with Gasteiger partial charge in [0.15, 0.2) is 11.6 Å². The molecule has 0 bridgehead atoms. The molecule has 0 aliphatic rings. The van der Waals surface area contributed by atoms with Gasteiger partial charge in [0, 0.05) is 32.0 Å². The van der Waals surface area contributed by atoms with Crippen LogP contribution in [0.1, 0.15) is 65.2 Å². The summed E-state index contributed by atoms with van der Waals surface area (Å²) < 4.78 is 0. The first-order chi connectivity index (χ1) is 16.7. The molecular weight excluding hydrogens is 448 g/mol. The molecule has 0 aliphatic carbocycles. The third kappa shape index (κ3) is 5.01. The molecule has 0 amide bonds. The van der Waals surface area contributed by atoms with E-state index in [1.54, 1.807) is 0 Å². The SMILES string of the molecule is Cc1cc(C)c(C(=O)c2ccccc2Sc2ccccc2C(=O)c2c(C)cc(C)cc2C)c(C)c1. The van der Waals surface area contributed by atoms with Crippen LogP contribution in [0.25, 0.3) is 0 Å². The van der Waals surface area contributed by atoms with Crippen LogP contribution in [-0.4, -0.2) is 11.6 Å². The third-order valence-corrected chi connectivity index (χ3v) is 7.44. The Morgan fingerprint density at radius 1 is 0.514 bits per heavy atom. The fourth-order valence-corrected chi connectivity index (χ4v) is 6.02. The highest BCUT2D eigenvalue weighted by atomic mass is 32.2. The smallest absolute Gasteiger partial charge is 0.194 e. The first-order valence-corrected chi connectivity index (χ1v) is 12.6. The molecule has 176 valence electrons. The Morgan fingerprint density at radius 3 is 1.17 bits per heavy atom. The van der Waals surface area contributed by atoms with Crippen molar-refractivity contribution in [1.29, 1.82) is 0 Å². The maximum atomic E-state index is 13.7. The van der Waals surface area contributed by atoms with Gasteiger partial charge in [-0.25, -0.2) is 0 Å². The van der Waals surface area contributed by atoms with E-state index in [9.17, 15) is 9.59 Å². The lowest BCUT2D eigenvalue weighted by Gasteiger charge is -2.15. The van der Waals surface area contributed by atoms with Gasteiger partial charge in [0.25, 0.3) is 0 Å². The van der Waals surface area contributed by atoms with Crippen LogP contribution in [0, 0.1) is 41.5 Å². The number of aryl methyl sites for hydroxylation is 6. The zero-order valence-electron chi connectivity index (χ0n) is 21.2. The van der Waals surface area contributed by atoms with E-state index >= 15 is 0 Å². The van der Waals surface area contributed by atoms with Crippen molar-refractivity contribution in [3.8, 4) is 0 Å². The Labute approximate surface area is 212 Å². The molecule has 0 saturated heterocycles. The van der Waals surface area contributed by atoms with Crippen molar-refractivity contribution in [2.45, 2.75) is 51.3 Å². The molecule has 4 aromatic rings. The lowest BCUT2D eigenvalue weighted by atomic mass is 9.93. The second-order valence-electron chi connectivity index (χ2n) is 9.30. The molecule has 4 rings (SSSR count). The molecule has 3 heteroatoms. The monoisotopic (exact) mass is 478 g/mol. The molecule has 0 radical (unpaired) electrons. The molecular formula is C32H30O2S. The average molecular weight is 479 g/mol. The second kappa shape index (κ2) is 10.1. The summed E-state index contributed by atoms with van der Waals surface area (Å²) in [5.41, 5.74) is 9.01. The summed E-state index contributed by atoms with van der Waals surface area (Å²) in [6, 6.07) is 23.5. The molecule has 0 saturated carbocycles. The highest BCUT2D eigenvalue weighted by Gasteiger charge is 2.22. The number of carbonyl (C=O) groups is 2. The number of rotatable bonds is 6. The van der Waals surface area contributed by atoms with Crippen LogP contribution in [0.15, 0.2) is 82.6 Å². The number of hydrogen-bond acceptors (Lipinski definition) is 3. The second-order valence-corrected chi connectivity index (χ2v) is 10.4.